The van der Waals surface area contributed by atoms with Crippen molar-refractivity contribution in [1.82, 2.24) is 5.32 Å². The van der Waals surface area contributed by atoms with E-state index < -0.39 is 0 Å². The quantitative estimate of drug-likeness (QED) is 0.575. The molecule has 0 aliphatic heterocycles. The molecule has 0 saturated carbocycles. The Kier molecular flexibility index (Phi) is 6.22. The third kappa shape index (κ3) is 4.75. The van der Waals surface area contributed by atoms with Gasteiger partial charge in [0.15, 0.2) is 0 Å². The number of amides is 1. The Hall–Kier alpha value is -1.55. The van der Waals surface area contributed by atoms with Crippen LogP contribution in [0.4, 0.5) is 5.69 Å². The fourth-order valence-corrected chi connectivity index (χ4v) is 1.66. The zero-order chi connectivity index (χ0) is 13.4. The lowest BCUT2D eigenvalue weighted by Gasteiger charge is -2.08. The molecule has 0 unspecified atom stereocenters. The van der Waals surface area contributed by atoms with Crippen molar-refractivity contribution in [1.29, 1.82) is 0 Å². The molecule has 0 aliphatic rings. The van der Waals surface area contributed by atoms with Crippen LogP contribution in [0, 0.1) is 6.92 Å². The number of rotatable bonds is 7. The van der Waals surface area contributed by atoms with Crippen molar-refractivity contribution in [2.75, 3.05) is 25.5 Å². The van der Waals surface area contributed by atoms with E-state index in [0.29, 0.717) is 24.4 Å². The number of hydrogen-bond acceptors (Lipinski definition) is 3. The van der Waals surface area contributed by atoms with E-state index >= 15 is 0 Å². The van der Waals surface area contributed by atoms with Crippen molar-refractivity contribution in [3.05, 3.63) is 29.3 Å². The SMILES string of the molecule is CCCOCCCNC(=O)c1ccc(N)cc1C. The lowest BCUT2D eigenvalue weighted by Crippen LogP contribution is -2.26. The summed E-state index contributed by atoms with van der Waals surface area (Å²) in [5.74, 6) is -0.0528. The number of nitrogens with one attached hydrogen (secondary N) is 1. The third-order valence-electron chi connectivity index (χ3n) is 2.59. The van der Waals surface area contributed by atoms with Gasteiger partial charge in [0.05, 0.1) is 0 Å². The molecule has 0 radical (unpaired) electrons. The highest BCUT2D eigenvalue weighted by Gasteiger charge is 2.07. The standard InChI is InChI=1S/C14H22N2O2/c1-3-8-18-9-4-7-16-14(17)13-6-5-12(15)10-11(13)2/h5-6,10H,3-4,7-9,15H2,1-2H3,(H,16,17). The number of nitrogens with two attached hydrogens (primary N) is 1. The summed E-state index contributed by atoms with van der Waals surface area (Å²) >= 11 is 0. The minimum atomic E-state index is -0.0528. The second-order valence-corrected chi connectivity index (χ2v) is 4.30. The van der Waals surface area contributed by atoms with Gasteiger partial charge < -0.3 is 15.8 Å². The first-order chi connectivity index (χ1) is 8.65. The van der Waals surface area contributed by atoms with Crippen LogP contribution in [0.3, 0.4) is 0 Å². The fraction of sp³-hybridized carbons (Fsp3) is 0.500. The summed E-state index contributed by atoms with van der Waals surface area (Å²) in [6.07, 6.45) is 1.86. The van der Waals surface area contributed by atoms with Crippen LogP contribution >= 0.6 is 0 Å². The Labute approximate surface area is 109 Å². The first kappa shape index (κ1) is 14.5. The Balaban J connectivity index is 2.32. The number of carbonyl (C=O) groups is 1. The van der Waals surface area contributed by atoms with Crippen molar-refractivity contribution in [2.45, 2.75) is 26.7 Å². The maximum Gasteiger partial charge on any atom is 0.251 e. The number of benzene rings is 1. The third-order valence-corrected chi connectivity index (χ3v) is 2.59. The highest BCUT2D eigenvalue weighted by molar-refractivity contribution is 5.95. The van der Waals surface area contributed by atoms with Crippen LogP contribution in [-0.2, 0) is 4.74 Å². The van der Waals surface area contributed by atoms with Crippen LogP contribution in [0.2, 0.25) is 0 Å². The van der Waals surface area contributed by atoms with Gasteiger partial charge in [-0.3, -0.25) is 4.79 Å². The van der Waals surface area contributed by atoms with Crippen LogP contribution in [0.15, 0.2) is 18.2 Å². The van der Waals surface area contributed by atoms with E-state index in [4.69, 9.17) is 10.5 Å². The number of nitrogen functional groups attached to an aromatic ring is 1. The van der Waals surface area contributed by atoms with Crippen molar-refractivity contribution in [3.8, 4) is 0 Å². The summed E-state index contributed by atoms with van der Waals surface area (Å²) in [6.45, 7) is 6.06. The molecular formula is C14H22N2O2. The molecule has 3 N–H and O–H groups in total. The second-order valence-electron chi connectivity index (χ2n) is 4.30. The molecule has 4 nitrogen and oxygen atoms in total. The summed E-state index contributed by atoms with van der Waals surface area (Å²) in [5.41, 5.74) is 7.90. The first-order valence-electron chi connectivity index (χ1n) is 6.37. The number of ether oxygens (including phenoxy) is 1. The Morgan fingerprint density at radius 1 is 1.39 bits per heavy atom. The normalized spacial score (nSPS) is 10.3. The van der Waals surface area contributed by atoms with Gasteiger partial charge in [-0.2, -0.15) is 0 Å². The molecule has 1 aromatic rings. The molecule has 1 rings (SSSR count). The zero-order valence-electron chi connectivity index (χ0n) is 11.2. The monoisotopic (exact) mass is 250 g/mol. The summed E-state index contributed by atoms with van der Waals surface area (Å²) in [7, 11) is 0. The van der Waals surface area contributed by atoms with Crippen LogP contribution in [-0.4, -0.2) is 25.7 Å². The number of aryl methyl sites for hydroxylation is 1. The van der Waals surface area contributed by atoms with E-state index in [2.05, 4.69) is 12.2 Å². The van der Waals surface area contributed by atoms with Gasteiger partial charge >= 0.3 is 0 Å². The minimum Gasteiger partial charge on any atom is -0.399 e. The molecule has 0 fully saturated rings. The van der Waals surface area contributed by atoms with Crippen molar-refractivity contribution in [3.63, 3.8) is 0 Å². The van der Waals surface area contributed by atoms with Gasteiger partial charge in [0, 0.05) is 31.0 Å². The average molecular weight is 250 g/mol. The predicted octanol–water partition coefficient (Wildman–Crippen LogP) is 2.12. The molecule has 18 heavy (non-hydrogen) atoms. The summed E-state index contributed by atoms with van der Waals surface area (Å²) in [4.78, 5) is 11.9. The highest BCUT2D eigenvalue weighted by atomic mass is 16.5. The van der Waals surface area contributed by atoms with E-state index in [1.807, 2.05) is 6.92 Å². The molecule has 0 aliphatic carbocycles. The van der Waals surface area contributed by atoms with Crippen LogP contribution in [0.5, 0.6) is 0 Å². The molecule has 1 aromatic carbocycles. The summed E-state index contributed by atoms with van der Waals surface area (Å²) in [6, 6.07) is 5.30. The van der Waals surface area contributed by atoms with Crippen LogP contribution in [0.1, 0.15) is 35.7 Å². The maximum atomic E-state index is 11.9. The van der Waals surface area contributed by atoms with Crippen molar-refractivity contribution < 1.29 is 9.53 Å². The van der Waals surface area contributed by atoms with Gasteiger partial charge in [-0.25, -0.2) is 0 Å². The van der Waals surface area contributed by atoms with E-state index in [0.717, 1.165) is 25.0 Å². The minimum absolute atomic E-state index is 0.0528. The molecule has 100 valence electrons. The van der Waals surface area contributed by atoms with E-state index in [9.17, 15) is 4.79 Å². The molecule has 0 bridgehead atoms. The van der Waals surface area contributed by atoms with Gasteiger partial charge in [-0.1, -0.05) is 6.92 Å². The topological polar surface area (TPSA) is 64.3 Å². The van der Waals surface area contributed by atoms with Crippen molar-refractivity contribution >= 4 is 11.6 Å². The van der Waals surface area contributed by atoms with E-state index in [1.165, 1.54) is 0 Å². The number of anilines is 1. The van der Waals surface area contributed by atoms with Gasteiger partial charge in [0.25, 0.3) is 5.91 Å². The van der Waals surface area contributed by atoms with Crippen LogP contribution in [0.25, 0.3) is 0 Å². The lowest BCUT2D eigenvalue weighted by atomic mass is 10.1. The Morgan fingerprint density at radius 2 is 2.17 bits per heavy atom. The highest BCUT2D eigenvalue weighted by Crippen LogP contribution is 2.12. The number of hydrogen-bond donors (Lipinski definition) is 2. The van der Waals surface area contributed by atoms with E-state index in [-0.39, 0.29) is 5.91 Å². The predicted molar refractivity (Wildman–Crippen MR) is 73.7 cm³/mol. The Bertz CT molecular complexity index is 391. The summed E-state index contributed by atoms with van der Waals surface area (Å²) in [5, 5.41) is 2.88. The van der Waals surface area contributed by atoms with E-state index in [1.54, 1.807) is 18.2 Å². The van der Waals surface area contributed by atoms with Gasteiger partial charge in [0.2, 0.25) is 0 Å². The second kappa shape index (κ2) is 7.71. The Morgan fingerprint density at radius 3 is 2.83 bits per heavy atom. The average Bonchev–Trinajstić information content (AvgIpc) is 2.33. The first-order valence-corrected chi connectivity index (χ1v) is 6.37. The fourth-order valence-electron chi connectivity index (χ4n) is 1.66. The molecular weight excluding hydrogens is 228 g/mol. The molecule has 1 amide bonds. The molecule has 0 aromatic heterocycles. The zero-order valence-corrected chi connectivity index (χ0v) is 11.2. The molecule has 0 heterocycles. The lowest BCUT2D eigenvalue weighted by molar-refractivity contribution is 0.0941. The van der Waals surface area contributed by atoms with Crippen LogP contribution < -0.4 is 11.1 Å². The number of carbonyl (C=O) groups excluding carboxylic acids is 1. The summed E-state index contributed by atoms with van der Waals surface area (Å²) < 4.78 is 5.34. The van der Waals surface area contributed by atoms with Gasteiger partial charge in [-0.15, -0.1) is 0 Å². The molecule has 0 atom stereocenters. The molecule has 0 saturated heterocycles. The van der Waals surface area contributed by atoms with Gasteiger partial charge in [-0.05, 0) is 43.5 Å². The molecule has 4 heteroatoms. The maximum absolute atomic E-state index is 11.9. The van der Waals surface area contributed by atoms with Crippen molar-refractivity contribution in [2.24, 2.45) is 0 Å². The molecule has 0 spiro atoms. The largest absolute Gasteiger partial charge is 0.399 e. The smallest absolute Gasteiger partial charge is 0.251 e. The van der Waals surface area contributed by atoms with Gasteiger partial charge in [0.1, 0.15) is 0 Å².